The minimum Gasteiger partial charge on any atom is -0.496 e. The van der Waals surface area contributed by atoms with Crippen molar-refractivity contribution in [2.75, 3.05) is 20.3 Å². The fourth-order valence-corrected chi connectivity index (χ4v) is 3.92. The number of fused-ring (bicyclic) bond motifs is 1. The van der Waals surface area contributed by atoms with Gasteiger partial charge >= 0.3 is 17.9 Å². The number of aromatic carboxylic acids is 1. The number of hydrogen-bond donors (Lipinski definition) is 2. The summed E-state index contributed by atoms with van der Waals surface area (Å²) in [4.78, 5) is 35.2. The van der Waals surface area contributed by atoms with Gasteiger partial charge in [0.05, 0.1) is 37.9 Å². The number of cyclic esters (lactones) is 1. The molecule has 8 nitrogen and oxygen atoms in total. The molecule has 3 rings (SSSR count). The minimum absolute atomic E-state index is 0.0238. The van der Waals surface area contributed by atoms with E-state index >= 15 is 0 Å². The predicted molar refractivity (Wildman–Crippen MR) is 96.8 cm³/mol. The lowest BCUT2D eigenvalue weighted by molar-refractivity contribution is -0.138. The van der Waals surface area contributed by atoms with Crippen molar-refractivity contribution in [1.82, 2.24) is 0 Å². The van der Waals surface area contributed by atoms with Crippen LogP contribution in [0.4, 0.5) is 0 Å². The second-order valence-electron chi connectivity index (χ2n) is 6.85. The zero-order valence-electron chi connectivity index (χ0n) is 15.7. The predicted octanol–water partition coefficient (Wildman–Crippen LogP) is 2.35. The van der Waals surface area contributed by atoms with Gasteiger partial charge in [0, 0.05) is 17.0 Å². The lowest BCUT2D eigenvalue weighted by Crippen LogP contribution is -2.23. The molecule has 0 spiro atoms. The molecule has 1 unspecified atom stereocenters. The molecule has 28 heavy (non-hydrogen) atoms. The molecular weight excluding hydrogens is 368 g/mol. The van der Waals surface area contributed by atoms with Crippen LogP contribution in [0.25, 0.3) is 0 Å². The number of hydrogen-bond acceptors (Lipinski definition) is 6. The standard InChI is InChI=1S/C20H22O8/c1-10-14-9-28-20(25)17(14)16(19(23)24)13(18(10)26-2)4-3-11-5-6-27-8-12(11)7-15(21)22/h3,12H,4-9H2,1-2H3,(H,21,22)(H,23,24)/b11-3+. The van der Waals surface area contributed by atoms with Crippen LogP contribution < -0.4 is 4.74 Å². The van der Waals surface area contributed by atoms with Crippen LogP contribution in [0, 0.1) is 12.8 Å². The van der Waals surface area contributed by atoms with E-state index in [2.05, 4.69) is 0 Å². The average Bonchev–Trinajstić information content (AvgIpc) is 3.02. The van der Waals surface area contributed by atoms with Crippen molar-refractivity contribution in [1.29, 1.82) is 0 Å². The van der Waals surface area contributed by atoms with Crippen molar-refractivity contribution in [2.24, 2.45) is 5.92 Å². The zero-order chi connectivity index (χ0) is 20.4. The quantitative estimate of drug-likeness (QED) is 0.561. The molecule has 0 bridgehead atoms. The van der Waals surface area contributed by atoms with Crippen LogP contribution in [-0.2, 0) is 27.3 Å². The van der Waals surface area contributed by atoms with Crippen LogP contribution in [0.3, 0.4) is 0 Å². The molecule has 0 aliphatic carbocycles. The summed E-state index contributed by atoms with van der Waals surface area (Å²) in [6, 6.07) is 0. The minimum atomic E-state index is -1.23. The van der Waals surface area contributed by atoms with Crippen molar-refractivity contribution in [2.45, 2.75) is 32.8 Å². The lowest BCUT2D eigenvalue weighted by atomic mass is 9.87. The Labute approximate surface area is 161 Å². The molecule has 0 saturated carbocycles. The Bertz CT molecular complexity index is 868. The zero-order valence-corrected chi connectivity index (χ0v) is 15.7. The van der Waals surface area contributed by atoms with Crippen LogP contribution >= 0.6 is 0 Å². The third-order valence-electron chi connectivity index (χ3n) is 5.26. The van der Waals surface area contributed by atoms with Crippen molar-refractivity contribution < 1.29 is 38.8 Å². The third kappa shape index (κ3) is 3.60. The Balaban J connectivity index is 2.07. The number of methoxy groups -OCH3 is 1. The maximum absolute atomic E-state index is 12.2. The summed E-state index contributed by atoms with van der Waals surface area (Å²) in [5.41, 5.74) is 2.47. The molecule has 2 heterocycles. The molecule has 1 aromatic rings. The molecule has 2 aliphatic rings. The van der Waals surface area contributed by atoms with Crippen LogP contribution in [0.2, 0.25) is 0 Å². The van der Waals surface area contributed by atoms with E-state index in [1.165, 1.54) is 7.11 Å². The fourth-order valence-electron chi connectivity index (χ4n) is 3.92. The maximum Gasteiger partial charge on any atom is 0.339 e. The fraction of sp³-hybridized carbons (Fsp3) is 0.450. The first kappa shape index (κ1) is 19.9. The molecule has 1 saturated heterocycles. The Morgan fingerprint density at radius 2 is 2.07 bits per heavy atom. The smallest absolute Gasteiger partial charge is 0.339 e. The molecule has 8 heteroatoms. The molecular formula is C20H22O8. The van der Waals surface area contributed by atoms with E-state index in [0.29, 0.717) is 42.1 Å². The SMILES string of the molecule is COc1c(C)c2c(c(C(=O)O)c1C/C=C1\CCOCC1CC(=O)O)C(=O)OC2. The highest BCUT2D eigenvalue weighted by Crippen LogP contribution is 2.38. The molecule has 150 valence electrons. The highest BCUT2D eigenvalue weighted by atomic mass is 16.5. The van der Waals surface area contributed by atoms with Crippen molar-refractivity contribution in [3.8, 4) is 5.75 Å². The Morgan fingerprint density at radius 3 is 2.71 bits per heavy atom. The van der Waals surface area contributed by atoms with Crippen molar-refractivity contribution in [3.05, 3.63) is 39.5 Å². The normalized spacial score (nSPS) is 20.0. The average molecular weight is 390 g/mol. The molecule has 0 radical (unpaired) electrons. The highest BCUT2D eigenvalue weighted by Gasteiger charge is 2.34. The summed E-state index contributed by atoms with van der Waals surface area (Å²) in [6.45, 7) is 2.59. The summed E-state index contributed by atoms with van der Waals surface area (Å²) in [7, 11) is 1.45. The topological polar surface area (TPSA) is 119 Å². The maximum atomic E-state index is 12.2. The molecule has 2 aliphatic heterocycles. The first-order chi connectivity index (χ1) is 13.3. The Kier molecular flexibility index (Phi) is 5.69. The van der Waals surface area contributed by atoms with E-state index in [9.17, 15) is 19.5 Å². The Hall–Kier alpha value is -2.87. The molecule has 2 N–H and O–H groups in total. The summed E-state index contributed by atoms with van der Waals surface area (Å²) in [5, 5.41) is 18.9. The van der Waals surface area contributed by atoms with Crippen molar-refractivity contribution in [3.63, 3.8) is 0 Å². The number of carbonyl (C=O) groups is 3. The van der Waals surface area contributed by atoms with E-state index in [-0.39, 0.29) is 36.5 Å². The number of rotatable bonds is 6. The van der Waals surface area contributed by atoms with Gasteiger partial charge in [-0.3, -0.25) is 4.79 Å². The number of carboxylic acid groups (broad SMARTS) is 2. The summed E-state index contributed by atoms with van der Waals surface area (Å²) in [6.07, 6.45) is 2.57. The summed E-state index contributed by atoms with van der Waals surface area (Å²) in [5.74, 6) is -2.64. The van der Waals surface area contributed by atoms with Gasteiger partial charge in [-0.05, 0) is 25.3 Å². The first-order valence-electron chi connectivity index (χ1n) is 8.96. The number of carboxylic acids is 2. The monoisotopic (exact) mass is 390 g/mol. The number of benzene rings is 1. The lowest BCUT2D eigenvalue weighted by Gasteiger charge is -2.25. The number of esters is 1. The second kappa shape index (κ2) is 8.02. The van der Waals surface area contributed by atoms with Gasteiger partial charge in [-0.1, -0.05) is 11.6 Å². The molecule has 0 aromatic heterocycles. The largest absolute Gasteiger partial charge is 0.496 e. The van der Waals surface area contributed by atoms with E-state index in [1.807, 2.05) is 6.08 Å². The van der Waals surface area contributed by atoms with Gasteiger partial charge in [0.25, 0.3) is 0 Å². The van der Waals surface area contributed by atoms with Gasteiger partial charge in [0.2, 0.25) is 0 Å². The number of allylic oxidation sites excluding steroid dienone is 1. The van der Waals surface area contributed by atoms with Gasteiger partial charge in [-0.2, -0.15) is 0 Å². The van der Waals surface area contributed by atoms with Gasteiger partial charge in [0.1, 0.15) is 12.4 Å². The van der Waals surface area contributed by atoms with E-state index < -0.39 is 17.9 Å². The molecule has 1 aromatic carbocycles. The van der Waals surface area contributed by atoms with Gasteiger partial charge in [0.15, 0.2) is 0 Å². The van der Waals surface area contributed by atoms with Gasteiger partial charge in [-0.15, -0.1) is 0 Å². The first-order valence-corrected chi connectivity index (χ1v) is 8.96. The summed E-state index contributed by atoms with van der Waals surface area (Å²) >= 11 is 0. The second-order valence-corrected chi connectivity index (χ2v) is 6.85. The van der Waals surface area contributed by atoms with Crippen molar-refractivity contribution >= 4 is 17.9 Å². The van der Waals surface area contributed by atoms with Gasteiger partial charge in [-0.25, -0.2) is 9.59 Å². The summed E-state index contributed by atoms with van der Waals surface area (Å²) < 4.78 is 15.9. The number of carbonyl (C=O) groups excluding carboxylic acids is 1. The van der Waals surface area contributed by atoms with Crippen LogP contribution in [-0.4, -0.2) is 48.4 Å². The van der Waals surface area contributed by atoms with Crippen LogP contribution in [0.15, 0.2) is 11.6 Å². The molecule has 0 amide bonds. The van der Waals surface area contributed by atoms with Gasteiger partial charge < -0.3 is 24.4 Å². The van der Waals surface area contributed by atoms with E-state index in [4.69, 9.17) is 19.3 Å². The Morgan fingerprint density at radius 1 is 1.32 bits per heavy atom. The van der Waals surface area contributed by atoms with E-state index in [1.54, 1.807) is 6.92 Å². The number of ether oxygens (including phenoxy) is 3. The van der Waals surface area contributed by atoms with Crippen LogP contribution in [0.5, 0.6) is 5.75 Å². The third-order valence-corrected chi connectivity index (χ3v) is 5.26. The number of aliphatic carboxylic acids is 1. The highest BCUT2D eigenvalue weighted by molar-refractivity contribution is 6.07. The molecule has 1 atom stereocenters. The van der Waals surface area contributed by atoms with E-state index in [0.717, 1.165) is 5.57 Å². The molecule has 1 fully saturated rings. The van der Waals surface area contributed by atoms with Crippen LogP contribution in [0.1, 0.15) is 50.2 Å².